The van der Waals surface area contributed by atoms with Crippen LogP contribution in [0.5, 0.6) is 5.75 Å². The molecule has 0 bridgehead atoms. The number of anilines is 4. The minimum absolute atomic E-state index is 0.0456. The minimum Gasteiger partial charge on any atom is -0.495 e. The van der Waals surface area contributed by atoms with Crippen molar-refractivity contribution in [2.45, 2.75) is 50.6 Å². The number of imide groups is 1. The first-order valence-electron chi connectivity index (χ1n) is 21.2. The number of amides is 5. The monoisotopic (exact) mass is 825 g/mol. The summed E-state index contributed by atoms with van der Waals surface area (Å²) in [7, 11) is 1.52. The Morgan fingerprint density at radius 3 is 2.38 bits per heavy atom. The maximum atomic E-state index is 13.6. The van der Waals surface area contributed by atoms with Gasteiger partial charge < -0.3 is 29.7 Å². The molecule has 0 atom stereocenters. The lowest BCUT2D eigenvalue weighted by Crippen LogP contribution is -2.50. The molecule has 5 amide bonds. The van der Waals surface area contributed by atoms with E-state index in [1.807, 2.05) is 41.6 Å². The summed E-state index contributed by atoms with van der Waals surface area (Å²) in [5, 5.41) is 8.96. The van der Waals surface area contributed by atoms with Gasteiger partial charge in [0.15, 0.2) is 17.0 Å². The van der Waals surface area contributed by atoms with Crippen LogP contribution in [0.3, 0.4) is 0 Å². The van der Waals surface area contributed by atoms with Crippen molar-refractivity contribution in [2.24, 2.45) is 5.92 Å². The Labute approximate surface area is 354 Å². The molecule has 16 nitrogen and oxygen atoms in total. The summed E-state index contributed by atoms with van der Waals surface area (Å²) in [5.41, 5.74) is 5.59. The maximum Gasteiger partial charge on any atom is 0.328 e. The number of nitrogens with zero attached hydrogens (tertiary/aromatic N) is 8. The summed E-state index contributed by atoms with van der Waals surface area (Å²) < 4.78 is 7.58. The van der Waals surface area contributed by atoms with Crippen molar-refractivity contribution in [3.63, 3.8) is 0 Å². The zero-order valence-electron chi connectivity index (χ0n) is 34.3. The standard InChI is InChI=1S/C45H51N11O5/c1-61-38-12-7-32(24-37(38)55-18-15-39(57)51-45(55)60)44(59)54-16-13-31(14-17-54)27-52-19-21-53(22-20-52)35-10-8-33(9-11-35)50-42-41-43(47-28-46-42)56(29-48-41)36-25-34(26-36)49-40(58)23-30-5-3-2-4-6-30/h2-12,24,28-29,31,34,36H,13-23,25-27H2,1H3,(H,49,58)(H,46,47,50)(H,51,57,60). The Hall–Kier alpha value is -6.55. The number of likely N-dealkylation sites (tertiary alicyclic amines) is 1. The number of ether oxygens (including phenoxy) is 1. The number of nitrogens with one attached hydrogen (secondary N) is 3. The fourth-order valence-corrected chi connectivity index (χ4v) is 8.98. The van der Waals surface area contributed by atoms with Crippen molar-refractivity contribution in [1.29, 1.82) is 0 Å². The molecule has 5 heterocycles. The SMILES string of the molecule is COc1ccc(C(=O)N2CCC(CN3CCN(c4ccc(Nc5ncnc6c5ncn6C5CC(NC(=O)Cc6ccccc6)C5)cc4)CC3)CC2)cc1N1CCC(=O)NC1=O. The van der Waals surface area contributed by atoms with Crippen molar-refractivity contribution in [3.8, 4) is 5.75 Å². The number of benzene rings is 3. The van der Waals surface area contributed by atoms with Gasteiger partial charge in [0.2, 0.25) is 11.8 Å². The molecule has 9 rings (SSSR count). The van der Waals surface area contributed by atoms with Gasteiger partial charge in [-0.05, 0) is 79.6 Å². The lowest BCUT2D eigenvalue weighted by atomic mass is 9.86. The van der Waals surface area contributed by atoms with E-state index in [2.05, 4.69) is 69.5 Å². The van der Waals surface area contributed by atoms with E-state index in [0.29, 0.717) is 53.8 Å². The number of hydrogen-bond donors (Lipinski definition) is 3. The van der Waals surface area contributed by atoms with Gasteiger partial charge in [-0.25, -0.2) is 19.7 Å². The molecular formula is C45H51N11O5. The summed E-state index contributed by atoms with van der Waals surface area (Å²) in [6.45, 7) is 6.46. The number of imidazole rings is 1. The van der Waals surface area contributed by atoms with Crippen LogP contribution in [-0.2, 0) is 16.0 Å². The Balaban J connectivity index is 0.723. The topological polar surface area (TPSA) is 170 Å². The molecule has 4 aliphatic rings. The Morgan fingerprint density at radius 2 is 1.64 bits per heavy atom. The van der Waals surface area contributed by atoms with Gasteiger partial charge in [0, 0.05) is 87.8 Å². The average Bonchev–Trinajstić information content (AvgIpc) is 3.70. The van der Waals surface area contributed by atoms with Gasteiger partial charge in [-0.3, -0.25) is 29.5 Å². The van der Waals surface area contributed by atoms with Crippen LogP contribution in [0, 0.1) is 5.92 Å². The second kappa shape index (κ2) is 17.6. The van der Waals surface area contributed by atoms with E-state index in [9.17, 15) is 19.2 Å². The van der Waals surface area contributed by atoms with E-state index in [-0.39, 0.29) is 42.8 Å². The van der Waals surface area contributed by atoms with Crippen LogP contribution >= 0.6 is 0 Å². The Bertz CT molecular complexity index is 2390. The number of aromatic nitrogens is 4. The average molecular weight is 826 g/mol. The van der Waals surface area contributed by atoms with Gasteiger partial charge in [-0.15, -0.1) is 0 Å². The van der Waals surface area contributed by atoms with Crippen LogP contribution in [0.1, 0.15) is 54.1 Å². The number of urea groups is 1. The minimum atomic E-state index is -0.513. The third kappa shape index (κ3) is 8.85. The van der Waals surface area contributed by atoms with Crippen molar-refractivity contribution < 1.29 is 23.9 Å². The van der Waals surface area contributed by atoms with Gasteiger partial charge in [0.25, 0.3) is 5.91 Å². The molecule has 3 N–H and O–H groups in total. The second-order valence-corrected chi connectivity index (χ2v) is 16.4. The largest absolute Gasteiger partial charge is 0.495 e. The first kappa shape index (κ1) is 39.9. The predicted molar refractivity (Wildman–Crippen MR) is 231 cm³/mol. The van der Waals surface area contributed by atoms with Gasteiger partial charge in [-0.2, -0.15) is 0 Å². The highest BCUT2D eigenvalue weighted by molar-refractivity contribution is 6.07. The molecule has 3 saturated heterocycles. The smallest absolute Gasteiger partial charge is 0.328 e. The lowest BCUT2D eigenvalue weighted by Gasteiger charge is -2.39. The first-order valence-corrected chi connectivity index (χ1v) is 21.2. The van der Waals surface area contributed by atoms with Crippen LogP contribution < -0.4 is 30.5 Å². The second-order valence-electron chi connectivity index (χ2n) is 16.4. The number of carbonyl (C=O) groups excluding carboxylic acids is 4. The number of piperazine rings is 1. The molecule has 1 saturated carbocycles. The number of methoxy groups -OCH3 is 1. The van der Waals surface area contributed by atoms with Gasteiger partial charge >= 0.3 is 6.03 Å². The molecular weight excluding hydrogens is 775 g/mol. The van der Waals surface area contributed by atoms with E-state index in [0.717, 1.165) is 75.3 Å². The van der Waals surface area contributed by atoms with Gasteiger partial charge in [0.05, 0.1) is 25.5 Å². The molecule has 316 valence electrons. The van der Waals surface area contributed by atoms with Crippen LogP contribution in [-0.4, -0.2) is 119 Å². The first-order chi connectivity index (χ1) is 29.8. The van der Waals surface area contributed by atoms with Gasteiger partial charge in [-0.1, -0.05) is 30.3 Å². The molecule has 61 heavy (non-hydrogen) atoms. The molecule has 4 fully saturated rings. The van der Waals surface area contributed by atoms with Crippen LogP contribution in [0.2, 0.25) is 0 Å². The van der Waals surface area contributed by atoms with Crippen LogP contribution in [0.25, 0.3) is 11.2 Å². The highest BCUT2D eigenvalue weighted by atomic mass is 16.5. The number of piperidine rings is 1. The van der Waals surface area contributed by atoms with Crippen molar-refractivity contribution >= 4 is 57.8 Å². The fraction of sp³-hybridized carbons (Fsp3) is 0.400. The Morgan fingerprint density at radius 1 is 0.869 bits per heavy atom. The normalized spacial score (nSPS) is 20.0. The summed E-state index contributed by atoms with van der Waals surface area (Å²) in [5.74, 6) is 1.32. The summed E-state index contributed by atoms with van der Waals surface area (Å²) >= 11 is 0. The van der Waals surface area contributed by atoms with Gasteiger partial charge in [0.1, 0.15) is 12.1 Å². The van der Waals surface area contributed by atoms with Crippen molar-refractivity contribution in [2.75, 3.05) is 74.6 Å². The highest BCUT2D eigenvalue weighted by Crippen LogP contribution is 2.36. The lowest BCUT2D eigenvalue weighted by molar-refractivity contribution is -0.122. The quantitative estimate of drug-likeness (QED) is 0.159. The molecule has 5 aromatic rings. The number of rotatable bonds is 12. The maximum absolute atomic E-state index is 13.6. The molecule has 0 radical (unpaired) electrons. The molecule has 1 aliphatic carbocycles. The van der Waals surface area contributed by atoms with Crippen LogP contribution in [0.4, 0.5) is 27.7 Å². The molecule has 3 aromatic carbocycles. The highest BCUT2D eigenvalue weighted by Gasteiger charge is 2.34. The van der Waals surface area contributed by atoms with E-state index in [4.69, 9.17) is 4.74 Å². The van der Waals surface area contributed by atoms with E-state index >= 15 is 0 Å². The zero-order chi connectivity index (χ0) is 41.9. The third-order valence-electron chi connectivity index (χ3n) is 12.5. The molecule has 2 aromatic heterocycles. The number of hydrogen-bond acceptors (Lipinski definition) is 11. The zero-order valence-corrected chi connectivity index (χ0v) is 34.3. The predicted octanol–water partition coefficient (Wildman–Crippen LogP) is 4.76. The van der Waals surface area contributed by atoms with E-state index < -0.39 is 6.03 Å². The van der Waals surface area contributed by atoms with E-state index in [1.165, 1.54) is 17.7 Å². The Kier molecular flexibility index (Phi) is 11.5. The number of carbonyl (C=O) groups is 4. The molecule has 0 unspecified atom stereocenters. The number of fused-ring (bicyclic) bond motifs is 1. The molecule has 16 heteroatoms. The third-order valence-corrected chi connectivity index (χ3v) is 12.5. The summed E-state index contributed by atoms with van der Waals surface area (Å²) in [4.78, 5) is 72.5. The molecule has 0 spiro atoms. The van der Waals surface area contributed by atoms with Crippen molar-refractivity contribution in [1.82, 2.24) is 40.0 Å². The summed E-state index contributed by atoms with van der Waals surface area (Å²) in [6.07, 6.45) is 7.52. The van der Waals surface area contributed by atoms with Crippen molar-refractivity contribution in [3.05, 3.63) is 96.6 Å². The fourth-order valence-electron chi connectivity index (χ4n) is 8.98. The van der Waals surface area contributed by atoms with E-state index in [1.54, 1.807) is 24.5 Å². The summed E-state index contributed by atoms with van der Waals surface area (Å²) in [6, 6.07) is 23.2. The molecule has 3 aliphatic heterocycles. The van der Waals surface area contributed by atoms with Crippen LogP contribution in [0.15, 0.2) is 85.5 Å².